The summed E-state index contributed by atoms with van der Waals surface area (Å²) in [5, 5.41) is 0.182. The van der Waals surface area contributed by atoms with E-state index < -0.39 is 35.2 Å². The second kappa shape index (κ2) is 7.62. The van der Waals surface area contributed by atoms with Gasteiger partial charge in [-0.1, -0.05) is 40.2 Å². The predicted molar refractivity (Wildman–Crippen MR) is 105 cm³/mol. The van der Waals surface area contributed by atoms with Crippen LogP contribution in [-0.2, 0) is 19.7 Å². The Labute approximate surface area is 170 Å². The lowest BCUT2D eigenvalue weighted by Crippen LogP contribution is -2.45. The summed E-state index contributed by atoms with van der Waals surface area (Å²) in [7, 11) is 0. The lowest BCUT2D eigenvalue weighted by Gasteiger charge is -2.35. The van der Waals surface area contributed by atoms with E-state index in [1.165, 1.54) is 36.1 Å². The number of carbonyl (C=O) groups excluding carboxylic acids is 2. The van der Waals surface area contributed by atoms with Crippen molar-refractivity contribution in [3.63, 3.8) is 0 Å². The number of anilines is 1. The van der Waals surface area contributed by atoms with Crippen LogP contribution in [0.15, 0.2) is 42.5 Å². The van der Waals surface area contributed by atoms with Crippen molar-refractivity contribution in [3.05, 3.63) is 65.2 Å². The van der Waals surface area contributed by atoms with Crippen molar-refractivity contribution in [2.75, 3.05) is 10.2 Å². The van der Waals surface area contributed by atoms with Gasteiger partial charge < -0.3 is 4.74 Å². The zero-order chi connectivity index (χ0) is 20.6. The molecule has 0 aliphatic carbocycles. The molecule has 2 unspecified atom stereocenters. The van der Waals surface area contributed by atoms with Crippen molar-refractivity contribution in [2.45, 2.75) is 38.3 Å². The lowest BCUT2D eigenvalue weighted by molar-refractivity contribution is -0.146. The predicted octanol–water partition coefficient (Wildman–Crippen LogP) is 4.66. The van der Waals surface area contributed by atoms with Crippen LogP contribution in [0.1, 0.15) is 37.9 Å². The van der Waals surface area contributed by atoms with E-state index in [4.69, 9.17) is 4.74 Å². The second-order valence-electron chi connectivity index (χ2n) is 7.24. The number of ether oxygens (including phenoxy) is 1. The fraction of sp³-hybridized carbons (Fsp3) is 0.333. The number of carbonyl (C=O) groups is 2. The molecule has 148 valence electrons. The van der Waals surface area contributed by atoms with Gasteiger partial charge in [-0.25, -0.2) is 8.78 Å². The van der Waals surface area contributed by atoms with Crippen LogP contribution in [-0.4, -0.2) is 23.3 Å². The van der Waals surface area contributed by atoms with Gasteiger partial charge in [-0.3, -0.25) is 14.5 Å². The molecule has 1 heterocycles. The smallest absolute Gasteiger partial charge is 0.303 e. The Morgan fingerprint density at radius 2 is 1.89 bits per heavy atom. The van der Waals surface area contributed by atoms with Crippen molar-refractivity contribution >= 4 is 33.5 Å². The van der Waals surface area contributed by atoms with E-state index in [-0.39, 0.29) is 16.9 Å². The number of hydrogen-bond donors (Lipinski definition) is 0. The van der Waals surface area contributed by atoms with Crippen LogP contribution >= 0.6 is 15.9 Å². The van der Waals surface area contributed by atoms with Crippen molar-refractivity contribution in [1.29, 1.82) is 0 Å². The molecule has 2 aromatic rings. The quantitative estimate of drug-likeness (QED) is 0.490. The first-order valence-electron chi connectivity index (χ1n) is 8.79. The third kappa shape index (κ3) is 3.43. The number of halogens is 3. The molecule has 0 spiro atoms. The van der Waals surface area contributed by atoms with Crippen LogP contribution in [0.4, 0.5) is 14.5 Å². The van der Waals surface area contributed by atoms with Gasteiger partial charge in [-0.2, -0.15) is 0 Å². The van der Waals surface area contributed by atoms with Gasteiger partial charge in [0.2, 0.25) is 5.91 Å². The van der Waals surface area contributed by atoms with Crippen LogP contribution in [0, 0.1) is 11.6 Å². The molecule has 4 nitrogen and oxygen atoms in total. The molecule has 1 aliphatic heterocycles. The number of esters is 1. The van der Waals surface area contributed by atoms with E-state index in [1.807, 2.05) is 0 Å². The summed E-state index contributed by atoms with van der Waals surface area (Å²) >= 11 is 3.31. The molecular formula is C21H20BrF2NO3. The fourth-order valence-corrected chi connectivity index (χ4v) is 4.15. The summed E-state index contributed by atoms with van der Waals surface area (Å²) in [6.07, 6.45) is -0.843. The minimum absolute atomic E-state index is 0.130. The number of rotatable bonds is 5. The Morgan fingerprint density at radius 1 is 1.21 bits per heavy atom. The van der Waals surface area contributed by atoms with Crippen molar-refractivity contribution in [2.24, 2.45) is 0 Å². The maximum atomic E-state index is 14.9. The highest BCUT2D eigenvalue weighted by Crippen LogP contribution is 2.48. The van der Waals surface area contributed by atoms with E-state index in [0.29, 0.717) is 11.1 Å². The van der Waals surface area contributed by atoms with Gasteiger partial charge in [-0.15, -0.1) is 0 Å². The molecule has 0 saturated heterocycles. The third-order valence-electron chi connectivity index (χ3n) is 4.94. The van der Waals surface area contributed by atoms with Gasteiger partial charge in [0, 0.05) is 12.3 Å². The van der Waals surface area contributed by atoms with E-state index in [9.17, 15) is 18.4 Å². The summed E-state index contributed by atoms with van der Waals surface area (Å²) in [5.74, 6) is -1.96. The highest BCUT2D eigenvalue weighted by Gasteiger charge is 2.50. The van der Waals surface area contributed by atoms with E-state index >= 15 is 0 Å². The summed E-state index contributed by atoms with van der Waals surface area (Å²) in [6, 6.07) is 9.31. The number of benzene rings is 2. The van der Waals surface area contributed by atoms with Gasteiger partial charge in [0.15, 0.2) is 0 Å². The van der Waals surface area contributed by atoms with E-state index in [2.05, 4.69) is 15.9 Å². The van der Waals surface area contributed by atoms with E-state index in [1.54, 1.807) is 32.0 Å². The lowest BCUT2D eigenvalue weighted by atomic mass is 9.86. The number of alkyl halides is 1. The molecule has 2 atom stereocenters. The Hall–Kier alpha value is -2.28. The number of para-hydroxylation sites is 1. The van der Waals surface area contributed by atoms with Gasteiger partial charge in [-0.05, 0) is 43.2 Å². The SMILES string of the molecule is CC(=O)OC(CBr)C(c1cccc(F)c1)N1C(=O)C(C)(C)c2cccc(F)c21. The number of nitrogens with zero attached hydrogens (tertiary/aromatic N) is 1. The zero-order valence-corrected chi connectivity index (χ0v) is 17.3. The first-order valence-corrected chi connectivity index (χ1v) is 9.92. The van der Waals surface area contributed by atoms with Crippen LogP contribution in [0.3, 0.4) is 0 Å². The average Bonchev–Trinajstić information content (AvgIpc) is 2.83. The molecule has 3 rings (SSSR count). The Bertz CT molecular complexity index is 932. The zero-order valence-electron chi connectivity index (χ0n) is 15.7. The summed E-state index contributed by atoms with van der Waals surface area (Å²) in [5.41, 5.74) is 0.0988. The van der Waals surface area contributed by atoms with E-state index in [0.717, 1.165) is 0 Å². The molecule has 1 amide bonds. The molecule has 0 N–H and O–H groups in total. The Kier molecular flexibility index (Phi) is 5.57. The Morgan fingerprint density at radius 3 is 2.50 bits per heavy atom. The first-order chi connectivity index (χ1) is 13.2. The van der Waals surface area contributed by atoms with Crippen LogP contribution in [0.5, 0.6) is 0 Å². The van der Waals surface area contributed by atoms with Crippen molar-refractivity contribution in [1.82, 2.24) is 0 Å². The molecule has 2 aromatic carbocycles. The molecule has 0 radical (unpaired) electrons. The fourth-order valence-electron chi connectivity index (χ4n) is 3.66. The number of amides is 1. The monoisotopic (exact) mass is 451 g/mol. The molecule has 0 saturated carbocycles. The van der Waals surface area contributed by atoms with Gasteiger partial charge in [0.1, 0.15) is 17.7 Å². The Balaban J connectivity index is 2.24. The molecule has 0 fully saturated rings. The molecule has 7 heteroatoms. The first kappa shape index (κ1) is 20.5. The van der Waals surface area contributed by atoms with Gasteiger partial charge in [0.05, 0.1) is 17.1 Å². The topological polar surface area (TPSA) is 46.6 Å². The molecule has 0 bridgehead atoms. The maximum absolute atomic E-state index is 14.9. The minimum Gasteiger partial charge on any atom is -0.459 e. The third-order valence-corrected chi connectivity index (χ3v) is 5.58. The summed E-state index contributed by atoms with van der Waals surface area (Å²) in [4.78, 5) is 26.3. The van der Waals surface area contributed by atoms with Crippen LogP contribution in [0.25, 0.3) is 0 Å². The molecular weight excluding hydrogens is 432 g/mol. The summed E-state index contributed by atoms with van der Waals surface area (Å²) < 4.78 is 34.2. The number of fused-ring (bicyclic) bond motifs is 1. The standard InChI is InChI=1S/C21H20BrF2NO3/c1-12(26)28-17(11-22)18(13-6-4-7-14(23)10-13)25-19-15(8-5-9-16(19)24)21(2,3)20(25)27/h4-10,17-18H,11H2,1-3H3. The second-order valence-corrected chi connectivity index (χ2v) is 7.89. The van der Waals surface area contributed by atoms with Crippen molar-refractivity contribution in [3.8, 4) is 0 Å². The normalized spacial score (nSPS) is 17.2. The highest BCUT2D eigenvalue weighted by molar-refractivity contribution is 9.09. The van der Waals surface area contributed by atoms with Crippen LogP contribution in [0.2, 0.25) is 0 Å². The maximum Gasteiger partial charge on any atom is 0.303 e. The van der Waals surface area contributed by atoms with Crippen molar-refractivity contribution < 1.29 is 23.1 Å². The minimum atomic E-state index is -0.976. The van der Waals surface area contributed by atoms with Gasteiger partial charge >= 0.3 is 5.97 Å². The molecule has 1 aliphatic rings. The molecule has 0 aromatic heterocycles. The van der Waals surface area contributed by atoms with Crippen LogP contribution < -0.4 is 4.90 Å². The summed E-state index contributed by atoms with van der Waals surface area (Å²) in [6.45, 7) is 4.68. The number of hydrogen-bond acceptors (Lipinski definition) is 3. The molecule has 28 heavy (non-hydrogen) atoms. The average molecular weight is 452 g/mol. The van der Waals surface area contributed by atoms with Gasteiger partial charge in [0.25, 0.3) is 0 Å². The largest absolute Gasteiger partial charge is 0.459 e. The highest BCUT2D eigenvalue weighted by atomic mass is 79.9.